The van der Waals surface area contributed by atoms with Crippen LogP contribution >= 0.6 is 11.6 Å². The highest BCUT2D eigenvalue weighted by Crippen LogP contribution is 2.16. The Morgan fingerprint density at radius 2 is 1.68 bits per heavy atom. The van der Waals surface area contributed by atoms with Gasteiger partial charge in [0, 0.05) is 10.6 Å². The van der Waals surface area contributed by atoms with Crippen LogP contribution in [0.3, 0.4) is 0 Å². The van der Waals surface area contributed by atoms with E-state index in [4.69, 9.17) is 21.1 Å². The zero-order valence-corrected chi connectivity index (χ0v) is 17.2. The van der Waals surface area contributed by atoms with Crippen molar-refractivity contribution < 1.29 is 19.1 Å². The van der Waals surface area contributed by atoms with Gasteiger partial charge in [-0.25, -0.2) is 10.2 Å². The Labute approximate surface area is 184 Å². The fourth-order valence-corrected chi connectivity index (χ4v) is 2.68. The van der Waals surface area contributed by atoms with Gasteiger partial charge in [0.25, 0.3) is 5.91 Å². The molecule has 0 heterocycles. The van der Waals surface area contributed by atoms with Crippen LogP contribution < -0.4 is 14.9 Å². The second-order valence-corrected chi connectivity index (χ2v) is 6.73. The summed E-state index contributed by atoms with van der Waals surface area (Å²) in [5.41, 5.74) is 3.99. The molecule has 0 unspecified atom stereocenters. The lowest BCUT2D eigenvalue weighted by Crippen LogP contribution is -2.17. The smallest absolute Gasteiger partial charge is 0.343 e. The first-order valence-electron chi connectivity index (χ1n) is 9.30. The predicted molar refractivity (Wildman–Crippen MR) is 120 cm³/mol. The molecule has 0 saturated carbocycles. The van der Waals surface area contributed by atoms with Crippen LogP contribution in [0.25, 0.3) is 0 Å². The molecule has 31 heavy (non-hydrogen) atoms. The Bertz CT molecular complexity index is 1090. The summed E-state index contributed by atoms with van der Waals surface area (Å²) in [5, 5.41) is 4.40. The monoisotopic (exact) mass is 434 g/mol. The lowest BCUT2D eigenvalue weighted by atomic mass is 10.2. The van der Waals surface area contributed by atoms with Crippen LogP contribution in [-0.2, 0) is 0 Å². The Kier molecular flexibility index (Phi) is 7.56. The molecule has 0 fully saturated rings. The van der Waals surface area contributed by atoms with Gasteiger partial charge in [-0.15, -0.1) is 0 Å². The summed E-state index contributed by atoms with van der Waals surface area (Å²) in [6.45, 7) is 3.98. The topological polar surface area (TPSA) is 77.0 Å². The molecular formula is C24H19ClN2O4. The maximum absolute atomic E-state index is 12.1. The molecule has 156 valence electrons. The van der Waals surface area contributed by atoms with E-state index in [0.717, 1.165) is 5.56 Å². The molecule has 1 amide bonds. The van der Waals surface area contributed by atoms with E-state index in [1.807, 2.05) is 0 Å². The van der Waals surface area contributed by atoms with Gasteiger partial charge < -0.3 is 9.47 Å². The number of hydrazone groups is 1. The van der Waals surface area contributed by atoms with Gasteiger partial charge in [-0.2, -0.15) is 5.10 Å². The summed E-state index contributed by atoms with van der Waals surface area (Å²) in [6, 6.07) is 19.9. The lowest BCUT2D eigenvalue weighted by Gasteiger charge is -2.05. The van der Waals surface area contributed by atoms with Crippen molar-refractivity contribution in [1.82, 2.24) is 5.43 Å². The zero-order valence-electron chi connectivity index (χ0n) is 16.5. The highest BCUT2D eigenvalue weighted by molar-refractivity contribution is 6.30. The van der Waals surface area contributed by atoms with Crippen molar-refractivity contribution in [3.8, 4) is 11.5 Å². The minimum Gasteiger partial charge on any atom is -0.490 e. The number of carbonyl (C=O) groups excluding carboxylic acids is 2. The molecule has 0 aliphatic heterocycles. The van der Waals surface area contributed by atoms with Crippen LogP contribution in [0.4, 0.5) is 0 Å². The van der Waals surface area contributed by atoms with E-state index < -0.39 is 5.97 Å². The average Bonchev–Trinajstić information content (AvgIpc) is 2.79. The maximum Gasteiger partial charge on any atom is 0.343 e. The van der Waals surface area contributed by atoms with Crippen molar-refractivity contribution in [3.05, 3.63) is 107 Å². The molecule has 0 radical (unpaired) electrons. The van der Waals surface area contributed by atoms with E-state index in [2.05, 4.69) is 17.1 Å². The van der Waals surface area contributed by atoms with E-state index in [0.29, 0.717) is 34.3 Å². The van der Waals surface area contributed by atoms with E-state index in [1.54, 1.807) is 72.8 Å². The standard InChI is InChI=1S/C24H19ClN2O4/c1-2-14-30-21-12-8-18(9-13-21)23(28)27-26-16-17-6-10-22(11-7-17)31-24(29)19-4-3-5-20(25)15-19/h2-13,15-16H,1,14H2,(H,27,28). The van der Waals surface area contributed by atoms with Gasteiger partial charge in [0.1, 0.15) is 18.1 Å². The molecule has 3 aromatic carbocycles. The molecule has 0 saturated heterocycles. The van der Waals surface area contributed by atoms with E-state index in [1.165, 1.54) is 12.3 Å². The molecule has 0 spiro atoms. The Balaban J connectivity index is 1.52. The molecule has 7 heteroatoms. The van der Waals surface area contributed by atoms with Crippen LogP contribution in [0.5, 0.6) is 11.5 Å². The third kappa shape index (κ3) is 6.55. The molecule has 0 aliphatic rings. The van der Waals surface area contributed by atoms with Crippen molar-refractivity contribution in [3.63, 3.8) is 0 Å². The number of benzene rings is 3. The molecule has 0 aromatic heterocycles. The quantitative estimate of drug-likeness (QED) is 0.180. The number of nitrogens with zero attached hydrogens (tertiary/aromatic N) is 1. The molecular weight excluding hydrogens is 416 g/mol. The molecule has 0 atom stereocenters. The van der Waals surface area contributed by atoms with Crippen molar-refractivity contribution >= 4 is 29.7 Å². The van der Waals surface area contributed by atoms with Gasteiger partial charge in [0.05, 0.1) is 11.8 Å². The minimum atomic E-state index is -0.503. The Morgan fingerprint density at radius 1 is 0.968 bits per heavy atom. The molecule has 1 N–H and O–H groups in total. The fourth-order valence-electron chi connectivity index (χ4n) is 2.49. The van der Waals surface area contributed by atoms with Crippen LogP contribution in [0, 0.1) is 0 Å². The molecule has 0 bridgehead atoms. The predicted octanol–water partition coefficient (Wildman–Crippen LogP) is 4.89. The lowest BCUT2D eigenvalue weighted by molar-refractivity contribution is 0.0734. The average molecular weight is 435 g/mol. The van der Waals surface area contributed by atoms with Crippen LogP contribution in [-0.4, -0.2) is 24.7 Å². The van der Waals surface area contributed by atoms with E-state index >= 15 is 0 Å². The van der Waals surface area contributed by atoms with Gasteiger partial charge >= 0.3 is 5.97 Å². The molecule has 3 aromatic rings. The summed E-state index contributed by atoms with van der Waals surface area (Å²) >= 11 is 5.89. The summed E-state index contributed by atoms with van der Waals surface area (Å²) in [7, 11) is 0. The molecule has 3 rings (SSSR count). The van der Waals surface area contributed by atoms with Crippen molar-refractivity contribution in [2.75, 3.05) is 6.61 Å². The first-order valence-corrected chi connectivity index (χ1v) is 9.68. The highest BCUT2D eigenvalue weighted by atomic mass is 35.5. The number of hydrogen-bond donors (Lipinski definition) is 1. The van der Waals surface area contributed by atoms with Gasteiger partial charge in [-0.1, -0.05) is 30.3 Å². The number of ether oxygens (including phenoxy) is 2. The second-order valence-electron chi connectivity index (χ2n) is 6.29. The third-order valence-corrected chi connectivity index (χ3v) is 4.25. The number of rotatable bonds is 8. The summed E-state index contributed by atoms with van der Waals surface area (Å²) in [4.78, 5) is 24.3. The SMILES string of the molecule is C=CCOc1ccc(C(=O)NN=Cc2ccc(OC(=O)c3cccc(Cl)c3)cc2)cc1. The largest absolute Gasteiger partial charge is 0.490 e. The van der Waals surface area contributed by atoms with Gasteiger partial charge in [0.15, 0.2) is 0 Å². The number of carbonyl (C=O) groups is 2. The van der Waals surface area contributed by atoms with Crippen LogP contribution in [0.1, 0.15) is 26.3 Å². The first-order chi connectivity index (χ1) is 15.0. The van der Waals surface area contributed by atoms with Gasteiger partial charge in [-0.05, 0) is 72.3 Å². The number of halogens is 1. The Hall–Kier alpha value is -3.90. The normalized spacial score (nSPS) is 10.5. The summed E-state index contributed by atoms with van der Waals surface area (Å²) in [5.74, 6) is 0.178. The maximum atomic E-state index is 12.1. The Morgan fingerprint density at radius 3 is 2.35 bits per heavy atom. The van der Waals surface area contributed by atoms with Crippen molar-refractivity contribution in [2.24, 2.45) is 5.10 Å². The number of amides is 1. The van der Waals surface area contributed by atoms with Crippen LogP contribution in [0.2, 0.25) is 5.02 Å². The van der Waals surface area contributed by atoms with Crippen molar-refractivity contribution in [2.45, 2.75) is 0 Å². The first kappa shape index (κ1) is 21.8. The van der Waals surface area contributed by atoms with Gasteiger partial charge in [-0.3, -0.25) is 4.79 Å². The minimum absolute atomic E-state index is 0.349. The second kappa shape index (κ2) is 10.8. The molecule has 6 nitrogen and oxygen atoms in total. The number of nitrogens with one attached hydrogen (secondary N) is 1. The summed E-state index contributed by atoms with van der Waals surface area (Å²) in [6.07, 6.45) is 3.13. The van der Waals surface area contributed by atoms with Gasteiger partial charge in [0.2, 0.25) is 0 Å². The van der Waals surface area contributed by atoms with E-state index in [-0.39, 0.29) is 5.91 Å². The zero-order chi connectivity index (χ0) is 22.1. The van der Waals surface area contributed by atoms with Crippen LogP contribution in [0.15, 0.2) is 90.6 Å². The summed E-state index contributed by atoms with van der Waals surface area (Å²) < 4.78 is 10.7. The van der Waals surface area contributed by atoms with Crippen molar-refractivity contribution in [1.29, 1.82) is 0 Å². The highest BCUT2D eigenvalue weighted by Gasteiger charge is 2.09. The number of esters is 1. The molecule has 0 aliphatic carbocycles. The number of hydrogen-bond acceptors (Lipinski definition) is 5. The third-order valence-electron chi connectivity index (χ3n) is 4.02. The van der Waals surface area contributed by atoms with E-state index in [9.17, 15) is 9.59 Å². The fraction of sp³-hybridized carbons (Fsp3) is 0.0417.